The van der Waals surface area contributed by atoms with Gasteiger partial charge < -0.3 is 38.2 Å². The zero-order chi connectivity index (χ0) is 30.1. The standard InChI is InChI=1S/C32H38NO8P/c1-5-29(25-12-17-30-31(18-25)39-21-38-30)32(24-10-15-27(16-11-24)41-42(35)36)23-8-13-26(14-9-23)37-20-28(40-22(4)34)19-33(6-2)7-3/h8-18,28,35-36H,5-7,19-21H2,1-4H3/b32-29+. The van der Waals surface area contributed by atoms with Crippen LogP contribution in [0.2, 0.25) is 0 Å². The maximum absolute atomic E-state index is 11.7. The first-order valence-corrected chi connectivity index (χ1v) is 15.2. The number of allylic oxidation sites excluding steroid dienone is 1. The molecular weight excluding hydrogens is 557 g/mol. The van der Waals surface area contributed by atoms with E-state index in [0.29, 0.717) is 23.8 Å². The van der Waals surface area contributed by atoms with E-state index in [1.54, 1.807) is 12.1 Å². The molecule has 4 rings (SSSR count). The molecule has 1 aliphatic heterocycles. The molecule has 0 aliphatic carbocycles. The zero-order valence-electron chi connectivity index (χ0n) is 24.4. The molecule has 1 atom stereocenters. The van der Waals surface area contributed by atoms with Gasteiger partial charge in [0.15, 0.2) is 11.5 Å². The van der Waals surface area contributed by atoms with Crippen LogP contribution in [0.15, 0.2) is 66.7 Å². The predicted octanol–water partition coefficient (Wildman–Crippen LogP) is 6.03. The molecule has 0 amide bonds. The van der Waals surface area contributed by atoms with Crippen molar-refractivity contribution in [3.63, 3.8) is 0 Å². The topological polar surface area (TPSA) is 107 Å². The van der Waals surface area contributed by atoms with Crippen molar-refractivity contribution < 1.29 is 38.1 Å². The van der Waals surface area contributed by atoms with E-state index in [1.165, 1.54) is 6.92 Å². The first-order chi connectivity index (χ1) is 20.3. The third-order valence-corrected chi connectivity index (χ3v) is 7.35. The van der Waals surface area contributed by atoms with E-state index in [1.807, 2.05) is 54.6 Å². The molecule has 1 heterocycles. The van der Waals surface area contributed by atoms with Crippen molar-refractivity contribution in [2.24, 2.45) is 0 Å². The Kier molecular flexibility index (Phi) is 11.2. The Balaban J connectivity index is 1.65. The molecule has 42 heavy (non-hydrogen) atoms. The van der Waals surface area contributed by atoms with Gasteiger partial charge in [-0.25, -0.2) is 0 Å². The van der Waals surface area contributed by atoms with Crippen LogP contribution in [0.5, 0.6) is 23.0 Å². The summed E-state index contributed by atoms with van der Waals surface area (Å²) in [5, 5.41) is 0. The summed E-state index contributed by atoms with van der Waals surface area (Å²) in [4.78, 5) is 32.4. The minimum absolute atomic E-state index is 0.200. The Morgan fingerprint density at radius 1 is 0.881 bits per heavy atom. The summed E-state index contributed by atoms with van der Waals surface area (Å²) in [7, 11) is -2.51. The molecule has 3 aromatic rings. The molecule has 10 heteroatoms. The molecule has 0 radical (unpaired) electrons. The van der Waals surface area contributed by atoms with Crippen LogP contribution in [-0.2, 0) is 9.53 Å². The molecule has 2 N–H and O–H groups in total. The van der Waals surface area contributed by atoms with Gasteiger partial charge in [0.25, 0.3) is 0 Å². The van der Waals surface area contributed by atoms with Crippen molar-refractivity contribution in [2.75, 3.05) is 33.0 Å². The summed E-state index contributed by atoms with van der Waals surface area (Å²) in [5.74, 6) is 2.13. The molecule has 3 aromatic carbocycles. The van der Waals surface area contributed by atoms with E-state index in [9.17, 15) is 14.6 Å². The molecule has 0 spiro atoms. The van der Waals surface area contributed by atoms with Crippen LogP contribution in [0.25, 0.3) is 11.1 Å². The summed E-state index contributed by atoms with van der Waals surface area (Å²) < 4.78 is 27.8. The number of rotatable bonds is 14. The number of hydrogen-bond donors (Lipinski definition) is 2. The molecule has 1 aliphatic rings. The zero-order valence-corrected chi connectivity index (χ0v) is 25.3. The molecule has 0 bridgehead atoms. The highest BCUT2D eigenvalue weighted by Crippen LogP contribution is 2.40. The third kappa shape index (κ3) is 8.23. The maximum atomic E-state index is 11.7. The fourth-order valence-corrected chi connectivity index (χ4v) is 5.25. The van der Waals surface area contributed by atoms with Crippen LogP contribution in [0, 0.1) is 0 Å². The quantitative estimate of drug-likeness (QED) is 0.131. The van der Waals surface area contributed by atoms with Crippen LogP contribution in [0.4, 0.5) is 0 Å². The summed E-state index contributed by atoms with van der Waals surface area (Å²) in [6.45, 7) is 10.4. The predicted molar refractivity (Wildman–Crippen MR) is 162 cm³/mol. The van der Waals surface area contributed by atoms with Gasteiger partial charge in [0.05, 0.1) is 0 Å². The fraction of sp³-hybridized carbons (Fsp3) is 0.344. The number of hydrogen-bond acceptors (Lipinski definition) is 9. The summed E-state index contributed by atoms with van der Waals surface area (Å²) in [5.41, 5.74) is 5.00. The second-order valence-corrected chi connectivity index (χ2v) is 10.4. The first-order valence-electron chi connectivity index (χ1n) is 14.0. The number of carbonyl (C=O) groups excluding carboxylic acids is 1. The monoisotopic (exact) mass is 595 g/mol. The number of likely N-dealkylation sites (N-methyl/N-ethyl adjacent to an activating group) is 1. The molecular formula is C32H38NO8P. The Morgan fingerprint density at radius 2 is 1.48 bits per heavy atom. The second kappa shape index (κ2) is 15.0. The van der Waals surface area contributed by atoms with Crippen molar-refractivity contribution in [1.82, 2.24) is 4.90 Å². The van der Waals surface area contributed by atoms with E-state index in [2.05, 4.69) is 25.7 Å². The molecule has 0 fully saturated rings. The van der Waals surface area contributed by atoms with E-state index in [0.717, 1.165) is 53.1 Å². The lowest BCUT2D eigenvalue weighted by molar-refractivity contribution is -0.148. The van der Waals surface area contributed by atoms with Gasteiger partial charge in [0, 0.05) is 13.5 Å². The average molecular weight is 596 g/mol. The number of benzene rings is 3. The third-order valence-electron chi connectivity index (χ3n) is 6.97. The van der Waals surface area contributed by atoms with Gasteiger partial charge in [-0.05, 0) is 83.7 Å². The second-order valence-electron chi connectivity index (χ2n) is 9.70. The van der Waals surface area contributed by atoms with E-state index in [-0.39, 0.29) is 25.5 Å². The van der Waals surface area contributed by atoms with Crippen LogP contribution >= 0.6 is 8.60 Å². The highest BCUT2D eigenvalue weighted by atomic mass is 31.2. The lowest BCUT2D eigenvalue weighted by atomic mass is 9.88. The smallest absolute Gasteiger partial charge is 0.391 e. The summed E-state index contributed by atoms with van der Waals surface area (Å²) >= 11 is 0. The van der Waals surface area contributed by atoms with Crippen LogP contribution < -0.4 is 18.7 Å². The lowest BCUT2D eigenvalue weighted by Crippen LogP contribution is -2.38. The number of carbonyl (C=O) groups is 1. The lowest BCUT2D eigenvalue weighted by Gasteiger charge is -2.25. The molecule has 9 nitrogen and oxygen atoms in total. The van der Waals surface area contributed by atoms with Gasteiger partial charge in [-0.1, -0.05) is 51.1 Å². The van der Waals surface area contributed by atoms with Crippen molar-refractivity contribution in [3.05, 3.63) is 83.4 Å². The summed E-state index contributed by atoms with van der Waals surface area (Å²) in [6, 6.07) is 21.0. The van der Waals surface area contributed by atoms with Crippen molar-refractivity contribution in [2.45, 2.75) is 40.2 Å². The van der Waals surface area contributed by atoms with Crippen LogP contribution in [0.3, 0.4) is 0 Å². The highest BCUT2D eigenvalue weighted by molar-refractivity contribution is 7.39. The minimum Gasteiger partial charge on any atom is -0.490 e. The van der Waals surface area contributed by atoms with Crippen molar-refractivity contribution in [3.8, 4) is 23.0 Å². The highest BCUT2D eigenvalue weighted by Gasteiger charge is 2.20. The van der Waals surface area contributed by atoms with Gasteiger partial charge in [0.2, 0.25) is 6.79 Å². The Hall–Kier alpha value is -3.62. The number of esters is 1. The van der Waals surface area contributed by atoms with E-state index >= 15 is 0 Å². The Labute approximate surface area is 248 Å². The van der Waals surface area contributed by atoms with Gasteiger partial charge in [-0.2, -0.15) is 0 Å². The largest absolute Gasteiger partial charge is 0.490 e. The number of nitrogens with zero attached hydrogens (tertiary/aromatic N) is 1. The Bertz CT molecular complexity index is 1350. The van der Waals surface area contributed by atoms with E-state index < -0.39 is 8.60 Å². The fourth-order valence-electron chi connectivity index (χ4n) is 4.94. The van der Waals surface area contributed by atoms with Crippen molar-refractivity contribution in [1.29, 1.82) is 0 Å². The molecule has 1 unspecified atom stereocenters. The van der Waals surface area contributed by atoms with Crippen LogP contribution in [-0.4, -0.2) is 59.8 Å². The molecule has 224 valence electrons. The summed E-state index contributed by atoms with van der Waals surface area (Å²) in [6.07, 6.45) is 0.356. The van der Waals surface area contributed by atoms with Crippen LogP contribution in [0.1, 0.15) is 50.8 Å². The average Bonchev–Trinajstić information content (AvgIpc) is 3.46. The van der Waals surface area contributed by atoms with Gasteiger partial charge in [-0.3, -0.25) is 4.79 Å². The van der Waals surface area contributed by atoms with Gasteiger partial charge >= 0.3 is 14.6 Å². The molecule has 0 saturated carbocycles. The number of fused-ring (bicyclic) bond motifs is 1. The van der Waals surface area contributed by atoms with E-state index in [4.69, 9.17) is 23.5 Å². The molecule has 0 saturated heterocycles. The van der Waals surface area contributed by atoms with Crippen molar-refractivity contribution >= 4 is 25.7 Å². The van der Waals surface area contributed by atoms with Gasteiger partial charge in [-0.15, -0.1) is 0 Å². The SMILES string of the molecule is CC/C(=C(/c1ccc(OCC(CN(CC)CC)OC(C)=O)cc1)c1ccc(OP(O)O)cc1)c1ccc2c(c1)OCO2. The van der Waals surface area contributed by atoms with Gasteiger partial charge in [0.1, 0.15) is 24.2 Å². The normalized spacial score (nSPS) is 13.6. The Morgan fingerprint density at radius 3 is 2.05 bits per heavy atom. The number of ether oxygens (including phenoxy) is 4. The maximum Gasteiger partial charge on any atom is 0.391 e. The molecule has 0 aromatic heterocycles. The first kappa shape index (κ1) is 31.3. The minimum atomic E-state index is -2.51.